The van der Waals surface area contributed by atoms with Crippen LogP contribution in [0.3, 0.4) is 0 Å². The first kappa shape index (κ1) is 21.3. The van der Waals surface area contributed by atoms with E-state index in [2.05, 4.69) is 5.32 Å². The Bertz CT molecular complexity index is 986. The van der Waals surface area contributed by atoms with E-state index in [1.165, 1.54) is 40.7 Å². The molecule has 0 bridgehead atoms. The zero-order valence-electron chi connectivity index (χ0n) is 16.5. The van der Waals surface area contributed by atoms with E-state index in [9.17, 15) is 17.6 Å². The summed E-state index contributed by atoms with van der Waals surface area (Å²) in [6.07, 6.45) is 2.47. The fraction of sp³-hybridized carbons (Fsp3) is 0.381. The number of carbonyl (C=O) groups is 1. The van der Waals surface area contributed by atoms with Crippen LogP contribution in [0.5, 0.6) is 5.75 Å². The number of nitrogens with zero attached hydrogens (tertiary/aromatic N) is 1. The van der Waals surface area contributed by atoms with Crippen LogP contribution in [-0.4, -0.2) is 37.8 Å². The summed E-state index contributed by atoms with van der Waals surface area (Å²) in [5.74, 6) is -1.01. The number of hydrogen-bond acceptors (Lipinski definition) is 4. The number of halogens is 1. The molecule has 156 valence electrons. The number of rotatable bonds is 6. The molecule has 1 amide bonds. The Kier molecular flexibility index (Phi) is 6.54. The van der Waals surface area contributed by atoms with Crippen molar-refractivity contribution < 1.29 is 22.3 Å². The molecule has 1 aliphatic heterocycles. The summed E-state index contributed by atoms with van der Waals surface area (Å²) in [4.78, 5) is 12.6. The highest BCUT2D eigenvalue weighted by atomic mass is 32.2. The Hall–Kier alpha value is -2.45. The van der Waals surface area contributed by atoms with E-state index in [1.54, 1.807) is 6.07 Å². The zero-order chi connectivity index (χ0) is 21.0. The van der Waals surface area contributed by atoms with Crippen LogP contribution in [0.25, 0.3) is 0 Å². The molecule has 8 heteroatoms. The molecule has 3 rings (SSSR count). The molecule has 6 nitrogen and oxygen atoms in total. The predicted octanol–water partition coefficient (Wildman–Crippen LogP) is 4.04. The molecular formula is C21H25FN2O4S. The van der Waals surface area contributed by atoms with Gasteiger partial charge >= 0.3 is 0 Å². The average Bonchev–Trinajstić information content (AvgIpc) is 2.69. The summed E-state index contributed by atoms with van der Waals surface area (Å²) in [6.45, 7) is 4.59. The Balaban J connectivity index is 1.96. The van der Waals surface area contributed by atoms with Crippen molar-refractivity contribution in [3.8, 4) is 5.75 Å². The molecule has 0 aliphatic carbocycles. The predicted molar refractivity (Wildman–Crippen MR) is 109 cm³/mol. The highest BCUT2D eigenvalue weighted by Gasteiger charge is 2.27. The van der Waals surface area contributed by atoms with Crippen molar-refractivity contribution in [2.45, 2.75) is 44.1 Å². The van der Waals surface area contributed by atoms with Gasteiger partial charge in [-0.2, -0.15) is 4.31 Å². The molecule has 0 spiro atoms. The number of hydrogen-bond donors (Lipinski definition) is 1. The van der Waals surface area contributed by atoms with Crippen LogP contribution in [0.15, 0.2) is 47.4 Å². The van der Waals surface area contributed by atoms with Crippen molar-refractivity contribution in [2.75, 3.05) is 18.4 Å². The van der Waals surface area contributed by atoms with Crippen LogP contribution in [0.1, 0.15) is 43.5 Å². The second-order valence-electron chi connectivity index (χ2n) is 7.22. The molecule has 1 fully saturated rings. The van der Waals surface area contributed by atoms with Crippen molar-refractivity contribution >= 4 is 21.6 Å². The van der Waals surface area contributed by atoms with Crippen LogP contribution in [0.2, 0.25) is 0 Å². The number of benzene rings is 2. The van der Waals surface area contributed by atoms with Crippen LogP contribution in [0.4, 0.5) is 10.1 Å². The van der Waals surface area contributed by atoms with Gasteiger partial charge in [0.1, 0.15) is 11.6 Å². The van der Waals surface area contributed by atoms with E-state index in [4.69, 9.17) is 4.74 Å². The third kappa shape index (κ3) is 4.94. The third-order valence-electron chi connectivity index (χ3n) is 4.63. The summed E-state index contributed by atoms with van der Waals surface area (Å²) in [5, 5.41) is 2.60. The Morgan fingerprint density at radius 1 is 1.10 bits per heavy atom. The van der Waals surface area contributed by atoms with Gasteiger partial charge in [0, 0.05) is 13.1 Å². The summed E-state index contributed by atoms with van der Waals surface area (Å²) in [5.41, 5.74) is 0.0531. The second-order valence-corrected chi connectivity index (χ2v) is 9.16. The first-order valence-corrected chi connectivity index (χ1v) is 11.1. The van der Waals surface area contributed by atoms with Crippen molar-refractivity contribution in [3.63, 3.8) is 0 Å². The molecule has 0 radical (unpaired) electrons. The third-order valence-corrected chi connectivity index (χ3v) is 6.53. The van der Waals surface area contributed by atoms with Crippen molar-refractivity contribution in [1.29, 1.82) is 0 Å². The molecule has 1 heterocycles. The molecule has 29 heavy (non-hydrogen) atoms. The maximum atomic E-state index is 14.0. The van der Waals surface area contributed by atoms with E-state index < -0.39 is 21.7 Å². The Labute approximate surface area is 170 Å². The quantitative estimate of drug-likeness (QED) is 0.765. The molecule has 0 aromatic heterocycles. The van der Waals surface area contributed by atoms with Gasteiger partial charge < -0.3 is 10.1 Å². The van der Waals surface area contributed by atoms with Gasteiger partial charge in [-0.25, -0.2) is 12.8 Å². The van der Waals surface area contributed by atoms with Crippen molar-refractivity contribution in [1.82, 2.24) is 4.31 Å². The highest BCUT2D eigenvalue weighted by Crippen LogP contribution is 2.31. The number of carbonyl (C=O) groups excluding carboxylic acids is 1. The van der Waals surface area contributed by atoms with Gasteiger partial charge in [0.05, 0.1) is 22.3 Å². The van der Waals surface area contributed by atoms with Gasteiger partial charge in [-0.3, -0.25) is 4.79 Å². The molecule has 1 aliphatic rings. The average molecular weight is 421 g/mol. The molecule has 2 aromatic carbocycles. The largest absolute Gasteiger partial charge is 0.489 e. The molecule has 0 unspecified atom stereocenters. The lowest BCUT2D eigenvalue weighted by Crippen LogP contribution is -2.35. The first-order valence-electron chi connectivity index (χ1n) is 9.66. The monoisotopic (exact) mass is 420 g/mol. The SMILES string of the molecule is CC(C)Oc1ccc(S(=O)(=O)N2CCCCC2)cc1NC(=O)c1ccccc1F. The van der Waals surface area contributed by atoms with Crippen LogP contribution < -0.4 is 10.1 Å². The Morgan fingerprint density at radius 3 is 2.45 bits per heavy atom. The van der Waals surface area contributed by atoms with Gasteiger partial charge in [-0.05, 0) is 57.0 Å². The molecule has 1 saturated heterocycles. The minimum atomic E-state index is -3.69. The lowest BCUT2D eigenvalue weighted by Gasteiger charge is -2.26. The van der Waals surface area contributed by atoms with Crippen LogP contribution in [0, 0.1) is 5.82 Å². The number of piperidine rings is 1. The molecule has 2 aromatic rings. The van der Waals surface area contributed by atoms with E-state index >= 15 is 0 Å². The summed E-state index contributed by atoms with van der Waals surface area (Å²) in [7, 11) is -3.69. The van der Waals surface area contributed by atoms with E-state index in [1.807, 2.05) is 13.8 Å². The summed E-state index contributed by atoms with van der Waals surface area (Å²) < 4.78 is 47.1. The minimum absolute atomic E-state index is 0.0688. The van der Waals surface area contributed by atoms with E-state index in [0.29, 0.717) is 18.8 Å². The number of anilines is 1. The fourth-order valence-corrected chi connectivity index (χ4v) is 4.76. The van der Waals surface area contributed by atoms with Gasteiger partial charge in [0.15, 0.2) is 0 Å². The fourth-order valence-electron chi connectivity index (χ4n) is 3.21. The number of sulfonamides is 1. The number of nitrogens with one attached hydrogen (secondary N) is 1. The van der Waals surface area contributed by atoms with E-state index in [0.717, 1.165) is 19.3 Å². The molecule has 0 atom stereocenters. The molecule has 1 N–H and O–H groups in total. The van der Waals surface area contributed by atoms with Crippen molar-refractivity contribution in [3.05, 3.63) is 53.8 Å². The van der Waals surface area contributed by atoms with Crippen LogP contribution in [-0.2, 0) is 10.0 Å². The van der Waals surface area contributed by atoms with Crippen LogP contribution >= 0.6 is 0 Å². The summed E-state index contributed by atoms with van der Waals surface area (Å²) in [6, 6.07) is 9.97. The summed E-state index contributed by atoms with van der Waals surface area (Å²) >= 11 is 0. The Morgan fingerprint density at radius 2 is 1.79 bits per heavy atom. The normalized spacial score (nSPS) is 15.3. The lowest BCUT2D eigenvalue weighted by atomic mass is 10.2. The standard InChI is InChI=1S/C21H25FN2O4S/c1-15(2)28-20-11-10-16(29(26,27)24-12-6-3-7-13-24)14-19(20)23-21(25)17-8-4-5-9-18(17)22/h4-5,8-11,14-15H,3,6-7,12-13H2,1-2H3,(H,23,25). The second kappa shape index (κ2) is 8.92. The van der Waals surface area contributed by atoms with Gasteiger partial charge in [-0.1, -0.05) is 18.6 Å². The van der Waals surface area contributed by atoms with Gasteiger partial charge in [-0.15, -0.1) is 0 Å². The van der Waals surface area contributed by atoms with Gasteiger partial charge in [0.25, 0.3) is 5.91 Å². The van der Waals surface area contributed by atoms with Gasteiger partial charge in [0.2, 0.25) is 10.0 Å². The number of amides is 1. The lowest BCUT2D eigenvalue weighted by molar-refractivity contribution is 0.102. The first-order chi connectivity index (χ1) is 13.8. The maximum Gasteiger partial charge on any atom is 0.258 e. The topological polar surface area (TPSA) is 75.7 Å². The van der Waals surface area contributed by atoms with E-state index in [-0.39, 0.29) is 22.3 Å². The molecular weight excluding hydrogens is 395 g/mol. The highest BCUT2D eigenvalue weighted by molar-refractivity contribution is 7.89. The number of ether oxygens (including phenoxy) is 1. The zero-order valence-corrected chi connectivity index (χ0v) is 17.3. The smallest absolute Gasteiger partial charge is 0.258 e. The minimum Gasteiger partial charge on any atom is -0.489 e. The molecule has 0 saturated carbocycles. The maximum absolute atomic E-state index is 14.0. The van der Waals surface area contributed by atoms with Crippen molar-refractivity contribution in [2.24, 2.45) is 0 Å².